The molecule has 0 radical (unpaired) electrons. The minimum Gasteiger partial charge on any atom is -0.334 e. The van der Waals surface area contributed by atoms with Gasteiger partial charge in [-0.25, -0.2) is 4.98 Å². The van der Waals surface area contributed by atoms with Gasteiger partial charge in [-0.15, -0.1) is 0 Å². The van der Waals surface area contributed by atoms with Crippen molar-refractivity contribution in [3.05, 3.63) is 47.3 Å². The van der Waals surface area contributed by atoms with Gasteiger partial charge in [0.15, 0.2) is 0 Å². The van der Waals surface area contributed by atoms with Crippen LogP contribution >= 0.6 is 0 Å². The highest BCUT2D eigenvalue weighted by Gasteiger charge is 2.03. The number of aromatic nitrogens is 3. The van der Waals surface area contributed by atoms with E-state index in [1.807, 2.05) is 32.2 Å². The molecule has 0 saturated carbocycles. The fourth-order valence-corrected chi connectivity index (χ4v) is 1.91. The number of imidazole rings is 1. The number of rotatable bonds is 2. The summed E-state index contributed by atoms with van der Waals surface area (Å²) >= 11 is 0. The summed E-state index contributed by atoms with van der Waals surface area (Å²) in [4.78, 5) is 8.63. The van der Waals surface area contributed by atoms with Gasteiger partial charge in [0.2, 0.25) is 0 Å². The zero-order valence-electron chi connectivity index (χ0n) is 11.9. The van der Waals surface area contributed by atoms with Gasteiger partial charge < -0.3 is 4.57 Å². The molecule has 0 aliphatic rings. The van der Waals surface area contributed by atoms with E-state index in [0.717, 1.165) is 29.3 Å². The van der Waals surface area contributed by atoms with E-state index in [1.54, 1.807) is 6.20 Å². The van der Waals surface area contributed by atoms with Gasteiger partial charge in [-0.3, -0.25) is 4.98 Å². The molecule has 0 aromatic carbocycles. The maximum absolute atomic E-state index is 4.47. The maximum Gasteiger partial charge on any atom is 0.131 e. The van der Waals surface area contributed by atoms with Crippen LogP contribution in [-0.2, 0) is 6.54 Å². The summed E-state index contributed by atoms with van der Waals surface area (Å²) in [5.74, 6) is 7.87. The highest BCUT2D eigenvalue weighted by Crippen LogP contribution is 2.06. The Bertz CT molecular complexity index is 627. The zero-order valence-corrected chi connectivity index (χ0v) is 11.9. The van der Waals surface area contributed by atoms with Gasteiger partial charge in [-0.1, -0.05) is 19.8 Å². The molecule has 0 bridgehead atoms. The lowest BCUT2D eigenvalue weighted by molar-refractivity contribution is 0.514. The Hall–Kier alpha value is -2.08. The minimum absolute atomic E-state index is 0.608. The fourth-order valence-electron chi connectivity index (χ4n) is 1.91. The maximum atomic E-state index is 4.47. The Labute approximate surface area is 114 Å². The van der Waals surface area contributed by atoms with Gasteiger partial charge in [-0.05, 0) is 37.8 Å². The van der Waals surface area contributed by atoms with Crippen LogP contribution in [0.25, 0.3) is 0 Å². The highest BCUT2D eigenvalue weighted by atomic mass is 15.1. The van der Waals surface area contributed by atoms with Gasteiger partial charge in [0, 0.05) is 30.2 Å². The van der Waals surface area contributed by atoms with E-state index in [0.29, 0.717) is 5.92 Å². The summed E-state index contributed by atoms with van der Waals surface area (Å²) in [7, 11) is 0. The second kappa shape index (κ2) is 5.71. The van der Waals surface area contributed by atoms with Gasteiger partial charge in [0.05, 0.1) is 0 Å². The zero-order chi connectivity index (χ0) is 13.8. The number of nitrogens with zero attached hydrogens (tertiary/aromatic N) is 3. The first-order chi connectivity index (χ1) is 9.04. The third-order valence-corrected chi connectivity index (χ3v) is 2.77. The summed E-state index contributed by atoms with van der Waals surface area (Å²) in [6, 6.07) is 3.89. The van der Waals surface area contributed by atoms with Crippen molar-refractivity contribution in [2.24, 2.45) is 5.92 Å². The second-order valence-corrected chi connectivity index (χ2v) is 5.16. The lowest BCUT2D eigenvalue weighted by atomic mass is 10.2. The lowest BCUT2D eigenvalue weighted by Crippen LogP contribution is -2.04. The van der Waals surface area contributed by atoms with Gasteiger partial charge in [-0.2, -0.15) is 0 Å². The van der Waals surface area contributed by atoms with Crippen LogP contribution in [0.15, 0.2) is 24.5 Å². The van der Waals surface area contributed by atoms with Crippen molar-refractivity contribution in [1.82, 2.24) is 14.5 Å². The summed E-state index contributed by atoms with van der Waals surface area (Å²) in [5.41, 5.74) is 2.78. The average Bonchev–Trinajstić information content (AvgIpc) is 2.67. The van der Waals surface area contributed by atoms with E-state index in [9.17, 15) is 0 Å². The summed E-state index contributed by atoms with van der Waals surface area (Å²) < 4.78 is 2.16. The first kappa shape index (κ1) is 13.4. The normalized spacial score (nSPS) is 10.4. The van der Waals surface area contributed by atoms with E-state index < -0.39 is 0 Å². The number of aryl methyl sites for hydroxylation is 2. The third-order valence-electron chi connectivity index (χ3n) is 2.77. The van der Waals surface area contributed by atoms with Crippen molar-refractivity contribution in [2.75, 3.05) is 0 Å². The van der Waals surface area contributed by atoms with Crippen molar-refractivity contribution < 1.29 is 0 Å². The molecule has 0 spiro atoms. The Kier molecular flexibility index (Phi) is 4.01. The molecule has 2 aromatic heterocycles. The van der Waals surface area contributed by atoms with Crippen LogP contribution in [0.1, 0.15) is 36.6 Å². The van der Waals surface area contributed by atoms with Crippen molar-refractivity contribution in [1.29, 1.82) is 0 Å². The van der Waals surface area contributed by atoms with Crippen LogP contribution < -0.4 is 0 Å². The fraction of sp³-hybridized carbons (Fsp3) is 0.375. The van der Waals surface area contributed by atoms with Gasteiger partial charge >= 0.3 is 0 Å². The first-order valence-corrected chi connectivity index (χ1v) is 6.53. The topological polar surface area (TPSA) is 30.7 Å². The summed E-state index contributed by atoms with van der Waals surface area (Å²) in [5, 5.41) is 0. The molecular weight excluding hydrogens is 234 g/mol. The molecule has 0 amide bonds. The molecule has 0 atom stereocenters. The van der Waals surface area contributed by atoms with Crippen molar-refractivity contribution in [3.8, 4) is 11.8 Å². The molecule has 19 heavy (non-hydrogen) atoms. The summed E-state index contributed by atoms with van der Waals surface area (Å²) in [6.45, 7) is 9.36. The van der Waals surface area contributed by atoms with E-state index in [-0.39, 0.29) is 0 Å². The van der Waals surface area contributed by atoms with Crippen LogP contribution in [-0.4, -0.2) is 14.5 Å². The molecule has 0 aliphatic heterocycles. The van der Waals surface area contributed by atoms with E-state index in [1.165, 1.54) is 0 Å². The van der Waals surface area contributed by atoms with Crippen LogP contribution in [0, 0.1) is 31.6 Å². The van der Waals surface area contributed by atoms with Gasteiger partial charge in [0.1, 0.15) is 11.5 Å². The molecule has 98 valence electrons. The van der Waals surface area contributed by atoms with Crippen molar-refractivity contribution in [2.45, 2.75) is 34.2 Å². The molecular formula is C16H19N3. The lowest BCUT2D eigenvalue weighted by Gasteiger charge is -2.06. The molecule has 3 heteroatoms. The molecule has 3 nitrogen and oxygen atoms in total. The number of hydrogen-bond donors (Lipinski definition) is 0. The van der Waals surface area contributed by atoms with Crippen LogP contribution in [0.4, 0.5) is 0 Å². The SMILES string of the molecule is Cc1cc(C#Cc2cn(CC(C)C)c(C)n2)ccn1. The summed E-state index contributed by atoms with van der Waals surface area (Å²) in [6.07, 6.45) is 3.80. The standard InChI is InChI=1S/C16H19N3/c1-12(2)10-19-11-16(18-14(19)4)6-5-15-7-8-17-13(3)9-15/h7-9,11-12H,10H2,1-4H3. The Balaban J connectivity index is 2.21. The molecule has 2 aromatic rings. The predicted octanol–water partition coefficient (Wildman–Crippen LogP) is 2.95. The molecule has 0 aliphatic carbocycles. The van der Waals surface area contributed by atoms with E-state index >= 15 is 0 Å². The highest BCUT2D eigenvalue weighted by molar-refractivity contribution is 5.39. The Morgan fingerprint density at radius 1 is 1.26 bits per heavy atom. The monoisotopic (exact) mass is 253 g/mol. The van der Waals surface area contributed by atoms with E-state index in [4.69, 9.17) is 0 Å². The van der Waals surface area contributed by atoms with Crippen molar-refractivity contribution in [3.63, 3.8) is 0 Å². The number of hydrogen-bond acceptors (Lipinski definition) is 2. The molecule has 2 heterocycles. The van der Waals surface area contributed by atoms with Crippen LogP contribution in [0.3, 0.4) is 0 Å². The van der Waals surface area contributed by atoms with Crippen LogP contribution in [0.5, 0.6) is 0 Å². The van der Waals surface area contributed by atoms with E-state index in [2.05, 4.69) is 40.2 Å². The predicted molar refractivity (Wildman–Crippen MR) is 76.8 cm³/mol. The van der Waals surface area contributed by atoms with Crippen LogP contribution in [0.2, 0.25) is 0 Å². The van der Waals surface area contributed by atoms with Crippen molar-refractivity contribution >= 4 is 0 Å². The quantitative estimate of drug-likeness (QED) is 0.770. The molecule has 0 saturated heterocycles. The third kappa shape index (κ3) is 3.69. The van der Waals surface area contributed by atoms with Gasteiger partial charge in [0.25, 0.3) is 0 Å². The molecule has 0 unspecified atom stereocenters. The largest absolute Gasteiger partial charge is 0.334 e. The molecule has 2 rings (SSSR count). The average molecular weight is 253 g/mol. The minimum atomic E-state index is 0.608. The number of pyridine rings is 1. The Morgan fingerprint density at radius 2 is 2.05 bits per heavy atom. The molecule has 0 N–H and O–H groups in total. The smallest absolute Gasteiger partial charge is 0.131 e. The first-order valence-electron chi connectivity index (χ1n) is 6.53. The Morgan fingerprint density at radius 3 is 2.74 bits per heavy atom. The second-order valence-electron chi connectivity index (χ2n) is 5.16. The molecule has 0 fully saturated rings.